The van der Waals surface area contributed by atoms with Crippen LogP contribution in [0.15, 0.2) is 24.3 Å². The molecule has 0 unspecified atom stereocenters. The fourth-order valence-corrected chi connectivity index (χ4v) is 1.62. The highest BCUT2D eigenvalue weighted by atomic mass is 16.2. The zero-order chi connectivity index (χ0) is 13.7. The number of anilines is 1. The first-order valence-corrected chi connectivity index (χ1v) is 6.30. The van der Waals surface area contributed by atoms with E-state index >= 15 is 0 Å². The molecule has 102 valence electrons. The number of hydrogen-bond acceptors (Lipinski definition) is 3. The molecule has 1 aromatic rings. The third kappa shape index (κ3) is 4.59. The predicted octanol–water partition coefficient (Wildman–Crippen LogP) is 0.545. The number of carbonyl (C=O) groups is 2. The van der Waals surface area contributed by atoms with E-state index in [0.29, 0.717) is 18.3 Å². The van der Waals surface area contributed by atoms with Crippen molar-refractivity contribution in [1.29, 1.82) is 0 Å². The highest BCUT2D eigenvalue weighted by molar-refractivity contribution is 5.92. The molecule has 0 aliphatic heterocycles. The van der Waals surface area contributed by atoms with Crippen molar-refractivity contribution in [3.05, 3.63) is 29.8 Å². The fourth-order valence-electron chi connectivity index (χ4n) is 1.62. The summed E-state index contributed by atoms with van der Waals surface area (Å²) in [6, 6.07) is 7.16. The second-order valence-corrected chi connectivity index (χ2v) is 4.55. The summed E-state index contributed by atoms with van der Waals surface area (Å²) >= 11 is 0. The molecule has 5 N–H and O–H groups in total. The Bertz CT molecular complexity index is 471. The van der Waals surface area contributed by atoms with Gasteiger partial charge < -0.3 is 21.7 Å². The summed E-state index contributed by atoms with van der Waals surface area (Å²) in [6.45, 7) is 0.403. The van der Waals surface area contributed by atoms with Crippen molar-refractivity contribution >= 4 is 17.6 Å². The summed E-state index contributed by atoms with van der Waals surface area (Å²) in [5, 5.41) is 7.96. The monoisotopic (exact) mass is 262 g/mol. The molecule has 0 saturated heterocycles. The Kier molecular flexibility index (Phi) is 4.35. The molecule has 0 spiro atoms. The van der Waals surface area contributed by atoms with Crippen LogP contribution in [0.5, 0.6) is 0 Å². The number of amides is 3. The SMILES string of the molecule is NCc1cccc(NC(=O)NCC(=O)NC2CC2)c1. The van der Waals surface area contributed by atoms with Gasteiger partial charge in [-0.1, -0.05) is 12.1 Å². The molecule has 19 heavy (non-hydrogen) atoms. The summed E-state index contributed by atoms with van der Waals surface area (Å²) in [6.07, 6.45) is 2.06. The molecule has 0 bridgehead atoms. The average Bonchev–Trinajstić information content (AvgIpc) is 3.20. The summed E-state index contributed by atoms with van der Waals surface area (Å²) in [7, 11) is 0. The predicted molar refractivity (Wildman–Crippen MR) is 72.5 cm³/mol. The molecule has 1 aliphatic carbocycles. The Morgan fingerprint density at radius 2 is 2.11 bits per heavy atom. The van der Waals surface area contributed by atoms with E-state index in [1.165, 1.54) is 0 Å². The van der Waals surface area contributed by atoms with Crippen LogP contribution in [0.2, 0.25) is 0 Å². The topological polar surface area (TPSA) is 96.2 Å². The van der Waals surface area contributed by atoms with Crippen molar-refractivity contribution in [2.45, 2.75) is 25.4 Å². The van der Waals surface area contributed by atoms with Crippen LogP contribution in [0.1, 0.15) is 18.4 Å². The maximum atomic E-state index is 11.6. The van der Waals surface area contributed by atoms with Crippen LogP contribution in [-0.4, -0.2) is 24.5 Å². The van der Waals surface area contributed by atoms with E-state index in [1.807, 2.05) is 12.1 Å². The third-order valence-electron chi connectivity index (χ3n) is 2.77. The second-order valence-electron chi connectivity index (χ2n) is 4.55. The lowest BCUT2D eigenvalue weighted by Gasteiger charge is -2.08. The van der Waals surface area contributed by atoms with Crippen molar-refractivity contribution in [1.82, 2.24) is 10.6 Å². The van der Waals surface area contributed by atoms with Crippen molar-refractivity contribution < 1.29 is 9.59 Å². The van der Waals surface area contributed by atoms with E-state index < -0.39 is 6.03 Å². The molecule has 1 fully saturated rings. The minimum Gasteiger partial charge on any atom is -0.352 e. The van der Waals surface area contributed by atoms with Crippen molar-refractivity contribution in [2.24, 2.45) is 5.73 Å². The Balaban J connectivity index is 1.74. The first kappa shape index (κ1) is 13.4. The standard InChI is InChI=1S/C13H18N4O2/c14-7-9-2-1-3-11(6-9)17-13(19)15-8-12(18)16-10-4-5-10/h1-3,6,10H,4-5,7-8,14H2,(H,16,18)(H2,15,17,19). The summed E-state index contributed by atoms with van der Waals surface area (Å²) in [5.41, 5.74) is 7.11. The second kappa shape index (κ2) is 6.19. The number of hydrogen-bond donors (Lipinski definition) is 4. The van der Waals surface area contributed by atoms with Gasteiger partial charge in [-0.3, -0.25) is 4.79 Å². The first-order chi connectivity index (χ1) is 9.17. The molecule has 1 aromatic carbocycles. The third-order valence-corrected chi connectivity index (χ3v) is 2.77. The fraction of sp³-hybridized carbons (Fsp3) is 0.385. The van der Waals surface area contributed by atoms with E-state index in [1.54, 1.807) is 12.1 Å². The molecule has 2 rings (SSSR count). The van der Waals surface area contributed by atoms with Gasteiger partial charge in [0.1, 0.15) is 0 Å². The lowest BCUT2D eigenvalue weighted by molar-refractivity contribution is -0.120. The zero-order valence-corrected chi connectivity index (χ0v) is 10.6. The molecule has 1 saturated carbocycles. The van der Waals surface area contributed by atoms with Crippen LogP contribution in [0, 0.1) is 0 Å². The zero-order valence-electron chi connectivity index (χ0n) is 10.6. The molecule has 0 heterocycles. The molecular formula is C13H18N4O2. The van der Waals surface area contributed by atoms with E-state index in [2.05, 4.69) is 16.0 Å². The molecule has 6 nitrogen and oxygen atoms in total. The van der Waals surface area contributed by atoms with Crippen LogP contribution in [0.3, 0.4) is 0 Å². The number of benzene rings is 1. The van der Waals surface area contributed by atoms with Crippen LogP contribution in [0.4, 0.5) is 10.5 Å². The van der Waals surface area contributed by atoms with Crippen LogP contribution < -0.4 is 21.7 Å². The van der Waals surface area contributed by atoms with Crippen LogP contribution in [0.25, 0.3) is 0 Å². The van der Waals surface area contributed by atoms with E-state index in [4.69, 9.17) is 5.73 Å². The number of urea groups is 1. The Hall–Kier alpha value is -2.08. The Morgan fingerprint density at radius 1 is 1.32 bits per heavy atom. The Morgan fingerprint density at radius 3 is 2.79 bits per heavy atom. The maximum absolute atomic E-state index is 11.6. The average molecular weight is 262 g/mol. The molecule has 3 amide bonds. The number of nitrogens with two attached hydrogens (primary N) is 1. The van der Waals surface area contributed by atoms with Gasteiger partial charge in [0.2, 0.25) is 5.91 Å². The van der Waals surface area contributed by atoms with Gasteiger partial charge in [0.05, 0.1) is 6.54 Å². The van der Waals surface area contributed by atoms with E-state index in [-0.39, 0.29) is 12.5 Å². The van der Waals surface area contributed by atoms with E-state index in [9.17, 15) is 9.59 Å². The van der Waals surface area contributed by atoms with Gasteiger partial charge in [-0.05, 0) is 30.5 Å². The lowest BCUT2D eigenvalue weighted by Crippen LogP contribution is -2.39. The number of nitrogens with one attached hydrogen (secondary N) is 3. The maximum Gasteiger partial charge on any atom is 0.319 e. The first-order valence-electron chi connectivity index (χ1n) is 6.30. The van der Waals surface area contributed by atoms with Crippen LogP contribution in [-0.2, 0) is 11.3 Å². The Labute approximate surface area is 111 Å². The van der Waals surface area contributed by atoms with Gasteiger partial charge in [-0.25, -0.2) is 4.79 Å². The molecule has 6 heteroatoms. The quantitative estimate of drug-likeness (QED) is 0.623. The normalized spacial score (nSPS) is 13.7. The summed E-state index contributed by atoms with van der Waals surface area (Å²) < 4.78 is 0. The van der Waals surface area contributed by atoms with Gasteiger partial charge in [0.15, 0.2) is 0 Å². The largest absolute Gasteiger partial charge is 0.352 e. The molecular weight excluding hydrogens is 244 g/mol. The van der Waals surface area contributed by atoms with Crippen molar-refractivity contribution in [2.75, 3.05) is 11.9 Å². The number of carbonyl (C=O) groups excluding carboxylic acids is 2. The highest BCUT2D eigenvalue weighted by Crippen LogP contribution is 2.18. The van der Waals surface area contributed by atoms with Crippen molar-refractivity contribution in [3.8, 4) is 0 Å². The van der Waals surface area contributed by atoms with Gasteiger partial charge >= 0.3 is 6.03 Å². The number of rotatable bonds is 5. The molecule has 1 aliphatic rings. The minimum absolute atomic E-state index is 0.0150. The van der Waals surface area contributed by atoms with Gasteiger partial charge in [-0.2, -0.15) is 0 Å². The van der Waals surface area contributed by atoms with Gasteiger partial charge in [-0.15, -0.1) is 0 Å². The minimum atomic E-state index is -0.403. The smallest absolute Gasteiger partial charge is 0.319 e. The molecule has 0 atom stereocenters. The summed E-state index contributed by atoms with van der Waals surface area (Å²) in [5.74, 6) is -0.159. The molecule has 0 radical (unpaired) electrons. The van der Waals surface area contributed by atoms with Gasteiger partial charge in [0.25, 0.3) is 0 Å². The van der Waals surface area contributed by atoms with E-state index in [0.717, 1.165) is 18.4 Å². The van der Waals surface area contributed by atoms with Crippen molar-refractivity contribution in [3.63, 3.8) is 0 Å². The lowest BCUT2D eigenvalue weighted by atomic mass is 10.2. The summed E-state index contributed by atoms with van der Waals surface area (Å²) in [4.78, 5) is 23.0. The molecule has 0 aromatic heterocycles. The van der Waals surface area contributed by atoms with Crippen LogP contribution >= 0.6 is 0 Å². The highest BCUT2D eigenvalue weighted by Gasteiger charge is 2.23. The van der Waals surface area contributed by atoms with Gasteiger partial charge in [0, 0.05) is 18.3 Å².